The molecule has 0 saturated carbocycles. The summed E-state index contributed by atoms with van der Waals surface area (Å²) >= 11 is 0. The lowest BCUT2D eigenvalue weighted by molar-refractivity contribution is -0.203. The van der Waals surface area contributed by atoms with Gasteiger partial charge >= 0.3 is 0 Å². The first kappa shape index (κ1) is 15.6. The lowest BCUT2D eigenvalue weighted by Gasteiger charge is -2.23. The molecule has 106 valence electrons. The fourth-order valence-electron chi connectivity index (χ4n) is 1.56. The predicted molar refractivity (Wildman–Crippen MR) is 70.5 cm³/mol. The molecule has 0 aliphatic carbocycles. The summed E-state index contributed by atoms with van der Waals surface area (Å²) in [5, 5.41) is 9.42. The summed E-state index contributed by atoms with van der Waals surface area (Å²) in [5.74, 6) is -1.05. The van der Waals surface area contributed by atoms with E-state index in [0.29, 0.717) is 9.98 Å². The van der Waals surface area contributed by atoms with E-state index in [1.54, 1.807) is 18.2 Å². The number of benzene rings is 1. The fraction of sp³-hybridized carbons (Fsp3) is 0.417. The van der Waals surface area contributed by atoms with Gasteiger partial charge in [0.2, 0.25) is 10.0 Å². The Morgan fingerprint density at radius 3 is 2.42 bits per heavy atom. The zero-order chi connectivity index (χ0) is 14.6. The SMILES string of the molecule is CCc1cccc(CS(=O)(=O)N(C)N(O)C(C)=O)c1. The van der Waals surface area contributed by atoms with Crippen molar-refractivity contribution in [3.05, 3.63) is 35.4 Å². The average molecular weight is 286 g/mol. The Labute approximate surface area is 113 Å². The third-order valence-electron chi connectivity index (χ3n) is 2.70. The molecule has 1 aromatic carbocycles. The Bertz CT molecular complexity index is 557. The zero-order valence-electron chi connectivity index (χ0n) is 11.2. The maximum atomic E-state index is 12.0. The van der Waals surface area contributed by atoms with Crippen molar-refractivity contribution < 1.29 is 18.4 Å². The predicted octanol–water partition coefficient (Wildman–Crippen LogP) is 1.16. The van der Waals surface area contributed by atoms with Gasteiger partial charge in [0.05, 0.1) is 5.75 Å². The number of hydrogen-bond donors (Lipinski definition) is 1. The normalized spacial score (nSPS) is 11.6. The molecule has 0 aliphatic heterocycles. The lowest BCUT2D eigenvalue weighted by Crippen LogP contribution is -2.44. The van der Waals surface area contributed by atoms with Gasteiger partial charge in [-0.15, -0.1) is 5.17 Å². The molecule has 0 heterocycles. The Morgan fingerprint density at radius 2 is 1.89 bits per heavy atom. The molecule has 1 rings (SSSR count). The molecule has 0 radical (unpaired) electrons. The number of carbonyl (C=O) groups is 1. The number of nitrogens with zero attached hydrogens (tertiary/aromatic N) is 2. The minimum atomic E-state index is -3.79. The van der Waals surface area contributed by atoms with E-state index in [2.05, 4.69) is 0 Å². The molecule has 0 aliphatic rings. The first-order valence-electron chi connectivity index (χ1n) is 5.82. The highest BCUT2D eigenvalue weighted by atomic mass is 32.2. The van der Waals surface area contributed by atoms with Crippen LogP contribution in [-0.4, -0.2) is 36.2 Å². The van der Waals surface area contributed by atoms with E-state index >= 15 is 0 Å². The second kappa shape index (κ2) is 6.14. The van der Waals surface area contributed by atoms with Crippen molar-refractivity contribution in [1.29, 1.82) is 0 Å². The van der Waals surface area contributed by atoms with Crippen molar-refractivity contribution in [2.45, 2.75) is 26.0 Å². The maximum Gasteiger partial charge on any atom is 0.259 e. The third kappa shape index (κ3) is 4.02. The standard InChI is InChI=1S/C12H18N2O4S/c1-4-11-6-5-7-12(8-11)9-19(17,18)13(3)14(16)10(2)15/h5-8,16H,4,9H2,1-3H3. The van der Waals surface area contributed by atoms with E-state index in [4.69, 9.17) is 0 Å². The summed E-state index contributed by atoms with van der Waals surface area (Å²) in [4.78, 5) is 11.0. The van der Waals surface area contributed by atoms with Gasteiger partial charge in [0.25, 0.3) is 5.91 Å². The summed E-state index contributed by atoms with van der Waals surface area (Å²) in [6.07, 6.45) is 0.809. The van der Waals surface area contributed by atoms with E-state index in [9.17, 15) is 18.4 Å². The van der Waals surface area contributed by atoms with Crippen molar-refractivity contribution in [3.63, 3.8) is 0 Å². The number of hydrazine groups is 1. The molecular formula is C12H18N2O4S. The highest BCUT2D eigenvalue weighted by Gasteiger charge is 2.25. The van der Waals surface area contributed by atoms with Crippen LogP contribution in [0.1, 0.15) is 25.0 Å². The second-order valence-corrected chi connectivity index (χ2v) is 6.15. The Kier molecular flexibility index (Phi) is 5.04. The van der Waals surface area contributed by atoms with Gasteiger partial charge in [0, 0.05) is 14.0 Å². The summed E-state index contributed by atoms with van der Waals surface area (Å²) in [6, 6.07) is 7.18. The number of aryl methyl sites for hydroxylation is 1. The number of rotatable bonds is 5. The number of hydrogen-bond acceptors (Lipinski definition) is 4. The Hall–Kier alpha value is -1.44. The highest BCUT2D eigenvalue weighted by Crippen LogP contribution is 2.13. The second-order valence-electron chi connectivity index (χ2n) is 4.17. The quantitative estimate of drug-likeness (QED) is 0.651. The molecule has 1 amide bonds. The molecule has 0 saturated heterocycles. The molecule has 19 heavy (non-hydrogen) atoms. The average Bonchev–Trinajstić information content (AvgIpc) is 2.36. The molecule has 0 unspecified atom stereocenters. The minimum Gasteiger partial charge on any atom is -0.271 e. The van der Waals surface area contributed by atoms with Crippen molar-refractivity contribution >= 4 is 15.9 Å². The van der Waals surface area contributed by atoms with Crippen LogP contribution >= 0.6 is 0 Å². The molecule has 6 nitrogen and oxygen atoms in total. The molecule has 7 heteroatoms. The maximum absolute atomic E-state index is 12.0. The summed E-state index contributed by atoms with van der Waals surface area (Å²) in [6.45, 7) is 3.05. The molecule has 0 spiro atoms. The molecule has 1 N–H and O–H groups in total. The fourth-order valence-corrected chi connectivity index (χ4v) is 2.70. The summed E-state index contributed by atoms with van der Waals surface area (Å²) in [5.41, 5.74) is 1.64. The van der Waals surface area contributed by atoms with Gasteiger partial charge < -0.3 is 0 Å². The molecule has 1 aromatic rings. The first-order chi connectivity index (χ1) is 8.77. The number of amides is 1. The van der Waals surface area contributed by atoms with Crippen molar-refractivity contribution in [2.24, 2.45) is 0 Å². The van der Waals surface area contributed by atoms with Gasteiger partial charge in [-0.05, 0) is 17.5 Å². The largest absolute Gasteiger partial charge is 0.271 e. The van der Waals surface area contributed by atoms with Crippen LogP contribution in [0.5, 0.6) is 0 Å². The van der Waals surface area contributed by atoms with E-state index in [1.165, 1.54) is 0 Å². The van der Waals surface area contributed by atoms with E-state index in [1.807, 2.05) is 13.0 Å². The van der Waals surface area contributed by atoms with Crippen molar-refractivity contribution in [2.75, 3.05) is 7.05 Å². The van der Waals surface area contributed by atoms with Crippen LogP contribution in [0, 0.1) is 0 Å². The van der Waals surface area contributed by atoms with Gasteiger partial charge in [-0.3, -0.25) is 10.0 Å². The van der Waals surface area contributed by atoms with Gasteiger partial charge in [0.15, 0.2) is 0 Å². The molecule has 0 fully saturated rings. The van der Waals surface area contributed by atoms with Crippen LogP contribution in [0.4, 0.5) is 0 Å². The first-order valence-corrected chi connectivity index (χ1v) is 7.42. The van der Waals surface area contributed by atoms with Crippen LogP contribution < -0.4 is 0 Å². The minimum absolute atomic E-state index is 0.0823. The zero-order valence-corrected chi connectivity index (χ0v) is 12.0. The number of hydroxylamine groups is 1. The van der Waals surface area contributed by atoms with Crippen LogP contribution in [0.15, 0.2) is 24.3 Å². The van der Waals surface area contributed by atoms with Gasteiger partial charge in [0.1, 0.15) is 0 Å². The van der Waals surface area contributed by atoms with Crippen LogP contribution in [0.25, 0.3) is 0 Å². The van der Waals surface area contributed by atoms with Crippen LogP contribution in [0.3, 0.4) is 0 Å². The molecule has 0 bridgehead atoms. The smallest absolute Gasteiger partial charge is 0.259 e. The monoisotopic (exact) mass is 286 g/mol. The third-order valence-corrected chi connectivity index (χ3v) is 4.36. The Balaban J connectivity index is 2.93. The van der Waals surface area contributed by atoms with Gasteiger partial charge in [-0.1, -0.05) is 35.6 Å². The van der Waals surface area contributed by atoms with Crippen molar-refractivity contribution in [1.82, 2.24) is 9.59 Å². The molecule has 0 aromatic heterocycles. The van der Waals surface area contributed by atoms with Crippen LogP contribution in [-0.2, 0) is 27.0 Å². The summed E-state index contributed by atoms with van der Waals surface area (Å²) < 4.78 is 24.6. The molecule has 0 atom stereocenters. The van der Waals surface area contributed by atoms with E-state index in [-0.39, 0.29) is 10.9 Å². The van der Waals surface area contributed by atoms with Gasteiger partial charge in [-0.25, -0.2) is 8.42 Å². The van der Waals surface area contributed by atoms with E-state index in [0.717, 1.165) is 26.0 Å². The topological polar surface area (TPSA) is 77.9 Å². The number of sulfonamides is 1. The lowest BCUT2D eigenvalue weighted by atomic mass is 10.1. The molecular weight excluding hydrogens is 268 g/mol. The summed E-state index contributed by atoms with van der Waals surface area (Å²) in [7, 11) is -2.67. The number of carbonyl (C=O) groups excluding carboxylic acids is 1. The van der Waals surface area contributed by atoms with E-state index < -0.39 is 15.9 Å². The van der Waals surface area contributed by atoms with Gasteiger partial charge in [-0.2, -0.15) is 0 Å². The van der Waals surface area contributed by atoms with Crippen molar-refractivity contribution in [3.8, 4) is 0 Å². The van der Waals surface area contributed by atoms with Crippen LogP contribution in [0.2, 0.25) is 0 Å². The highest BCUT2D eigenvalue weighted by molar-refractivity contribution is 7.88. The Morgan fingerprint density at radius 1 is 1.32 bits per heavy atom.